The molecule has 0 radical (unpaired) electrons. The summed E-state index contributed by atoms with van der Waals surface area (Å²) in [6.07, 6.45) is 1.41. The van der Waals surface area contributed by atoms with Gasteiger partial charge in [0.2, 0.25) is 0 Å². The fraction of sp³-hybridized carbons (Fsp3) is 0.316. The molecule has 3 rings (SSSR count). The Morgan fingerprint density at radius 1 is 1.19 bits per heavy atom. The number of benzene rings is 2. The molecule has 144 valence electrons. The molecule has 0 aliphatic carbocycles. The number of halogens is 1. The van der Waals surface area contributed by atoms with Gasteiger partial charge in [-0.15, -0.1) is 0 Å². The van der Waals surface area contributed by atoms with Crippen molar-refractivity contribution in [3.8, 4) is 0 Å². The van der Waals surface area contributed by atoms with Gasteiger partial charge in [-0.3, -0.25) is 9.10 Å². The van der Waals surface area contributed by atoms with Gasteiger partial charge in [-0.2, -0.15) is 0 Å². The van der Waals surface area contributed by atoms with E-state index in [0.29, 0.717) is 35.5 Å². The summed E-state index contributed by atoms with van der Waals surface area (Å²) in [4.78, 5) is 11.0. The molecular formula is C19H21IN2O4S. The summed E-state index contributed by atoms with van der Waals surface area (Å²) >= 11 is 2.12. The number of nitrogens with zero attached hydrogens (tertiary/aromatic N) is 1. The molecule has 1 atom stereocenters. The van der Waals surface area contributed by atoms with E-state index in [9.17, 15) is 13.2 Å². The van der Waals surface area contributed by atoms with Crippen molar-refractivity contribution in [2.24, 2.45) is 0 Å². The van der Waals surface area contributed by atoms with Gasteiger partial charge in [-0.25, -0.2) is 8.42 Å². The number of sulfonamides is 1. The third-order valence-corrected chi connectivity index (χ3v) is 7.18. The molecule has 1 aliphatic rings. The Kier molecular flexibility index (Phi) is 6.07. The minimum absolute atomic E-state index is 0.134. The van der Waals surface area contributed by atoms with Crippen LogP contribution in [0.5, 0.6) is 0 Å². The minimum atomic E-state index is -3.66. The number of unbranched alkanes of at least 4 members (excludes halogenated alkanes) is 1. The molecule has 0 saturated carbocycles. The zero-order valence-electron chi connectivity index (χ0n) is 14.9. The van der Waals surface area contributed by atoms with Crippen LogP contribution < -0.4 is 9.62 Å². The summed E-state index contributed by atoms with van der Waals surface area (Å²) < 4.78 is 28.5. The van der Waals surface area contributed by atoms with Crippen molar-refractivity contribution in [3.05, 3.63) is 57.2 Å². The van der Waals surface area contributed by atoms with Crippen molar-refractivity contribution in [1.82, 2.24) is 5.32 Å². The average Bonchev–Trinajstić information content (AvgIpc) is 2.70. The summed E-state index contributed by atoms with van der Waals surface area (Å²) in [5.74, 6) is -0.803. The number of carboxylic acid groups (broad SMARTS) is 1. The molecule has 0 bridgehead atoms. The fourth-order valence-corrected chi connectivity index (χ4v) is 5.48. The Balaban J connectivity index is 2.01. The number of nitrogens with one attached hydrogen (secondary N) is 1. The van der Waals surface area contributed by atoms with Crippen LogP contribution in [0.15, 0.2) is 47.4 Å². The molecule has 0 fully saturated rings. The van der Waals surface area contributed by atoms with Gasteiger partial charge in [0.1, 0.15) is 0 Å². The van der Waals surface area contributed by atoms with Gasteiger partial charge < -0.3 is 10.4 Å². The lowest BCUT2D eigenvalue weighted by atomic mass is 9.96. The molecule has 0 spiro atoms. The van der Waals surface area contributed by atoms with Crippen molar-refractivity contribution < 1.29 is 18.3 Å². The number of hydrogen-bond acceptors (Lipinski definition) is 4. The number of para-hydroxylation sites is 1. The van der Waals surface area contributed by atoms with Crippen LogP contribution in [0.2, 0.25) is 0 Å². The zero-order valence-corrected chi connectivity index (χ0v) is 17.8. The lowest BCUT2D eigenvalue weighted by molar-refractivity contribution is -0.137. The maximum absolute atomic E-state index is 13.2. The third kappa shape index (κ3) is 4.12. The van der Waals surface area contributed by atoms with E-state index in [1.165, 1.54) is 4.31 Å². The third-order valence-electron chi connectivity index (χ3n) is 4.68. The van der Waals surface area contributed by atoms with Crippen LogP contribution in [0.4, 0.5) is 5.69 Å². The molecule has 1 aliphatic heterocycles. The fourth-order valence-electron chi connectivity index (χ4n) is 3.30. The normalized spacial score (nSPS) is 17.7. The summed E-state index contributed by atoms with van der Waals surface area (Å²) in [6, 6.07) is 12.7. The molecule has 8 heteroatoms. The highest BCUT2D eigenvalue weighted by molar-refractivity contribution is 14.1. The minimum Gasteiger partial charge on any atom is -0.481 e. The van der Waals surface area contributed by atoms with Gasteiger partial charge >= 0.3 is 5.97 Å². The smallest absolute Gasteiger partial charge is 0.303 e. The highest BCUT2D eigenvalue weighted by Gasteiger charge is 2.34. The number of aliphatic carboxylic acids is 1. The van der Waals surface area contributed by atoms with E-state index < -0.39 is 16.0 Å². The lowest BCUT2D eigenvalue weighted by Gasteiger charge is -2.22. The van der Waals surface area contributed by atoms with Crippen LogP contribution >= 0.6 is 22.6 Å². The molecule has 27 heavy (non-hydrogen) atoms. The van der Waals surface area contributed by atoms with Crippen molar-refractivity contribution in [1.29, 1.82) is 0 Å². The van der Waals surface area contributed by atoms with Gasteiger partial charge in [0, 0.05) is 17.0 Å². The first kappa shape index (κ1) is 20.1. The van der Waals surface area contributed by atoms with E-state index in [2.05, 4.69) is 27.9 Å². The highest BCUT2D eigenvalue weighted by Crippen LogP contribution is 2.40. The standard InChI is InChI=1S/C19H21IN2O4S/c1-22-16-7-3-2-6-14(16)19(21-11-5-4-8-18(23)24)15-10-9-13(20)12-17(15)27(22,25)26/h2-3,6-7,9-10,12,19,21H,4-5,8,11H2,1H3,(H,23,24). The first-order valence-corrected chi connectivity index (χ1v) is 11.2. The number of hydrogen-bond donors (Lipinski definition) is 2. The quantitative estimate of drug-likeness (QED) is 0.470. The summed E-state index contributed by atoms with van der Waals surface area (Å²) in [5.41, 5.74) is 2.25. The molecule has 0 saturated heterocycles. The average molecular weight is 500 g/mol. The molecular weight excluding hydrogens is 479 g/mol. The van der Waals surface area contributed by atoms with Gasteiger partial charge in [0.25, 0.3) is 10.0 Å². The zero-order chi connectivity index (χ0) is 19.6. The van der Waals surface area contributed by atoms with Crippen LogP contribution in [0.25, 0.3) is 0 Å². The predicted molar refractivity (Wildman–Crippen MR) is 113 cm³/mol. The van der Waals surface area contributed by atoms with Crippen LogP contribution in [0, 0.1) is 3.57 Å². The molecule has 1 heterocycles. The van der Waals surface area contributed by atoms with E-state index in [4.69, 9.17) is 5.11 Å². The number of carbonyl (C=O) groups is 1. The second-order valence-electron chi connectivity index (χ2n) is 6.45. The monoisotopic (exact) mass is 500 g/mol. The van der Waals surface area contributed by atoms with E-state index in [-0.39, 0.29) is 12.5 Å². The molecule has 0 aromatic heterocycles. The van der Waals surface area contributed by atoms with Crippen LogP contribution in [-0.2, 0) is 14.8 Å². The summed E-state index contributed by atoms with van der Waals surface area (Å²) in [5, 5.41) is 12.2. The van der Waals surface area contributed by atoms with E-state index in [0.717, 1.165) is 9.13 Å². The van der Waals surface area contributed by atoms with Gasteiger partial charge in [-0.1, -0.05) is 24.3 Å². The van der Waals surface area contributed by atoms with Crippen LogP contribution in [0.1, 0.15) is 36.4 Å². The van der Waals surface area contributed by atoms with E-state index >= 15 is 0 Å². The van der Waals surface area contributed by atoms with Gasteiger partial charge in [0.05, 0.1) is 16.6 Å². The number of carboxylic acids is 1. The Morgan fingerprint density at radius 3 is 2.67 bits per heavy atom. The number of fused-ring (bicyclic) bond motifs is 2. The molecule has 2 N–H and O–H groups in total. The molecule has 1 unspecified atom stereocenters. The number of anilines is 1. The maximum Gasteiger partial charge on any atom is 0.303 e. The SMILES string of the molecule is CN1c2ccccc2C(NCCCCC(=O)O)c2ccc(I)cc2S1(=O)=O. The van der Waals surface area contributed by atoms with Crippen molar-refractivity contribution in [2.45, 2.75) is 30.2 Å². The highest BCUT2D eigenvalue weighted by atomic mass is 127. The van der Waals surface area contributed by atoms with Crippen molar-refractivity contribution >= 4 is 44.3 Å². The topological polar surface area (TPSA) is 86.7 Å². The lowest BCUT2D eigenvalue weighted by Crippen LogP contribution is -2.26. The molecule has 2 aromatic carbocycles. The van der Waals surface area contributed by atoms with Crippen molar-refractivity contribution in [3.63, 3.8) is 0 Å². The Labute approximate surface area is 172 Å². The first-order valence-electron chi connectivity index (χ1n) is 8.65. The first-order chi connectivity index (χ1) is 12.8. The largest absolute Gasteiger partial charge is 0.481 e. The Bertz CT molecular complexity index is 962. The van der Waals surface area contributed by atoms with Crippen LogP contribution in [-0.4, -0.2) is 33.1 Å². The maximum atomic E-state index is 13.2. The summed E-state index contributed by atoms with van der Waals surface area (Å²) in [7, 11) is -2.09. The van der Waals surface area contributed by atoms with Gasteiger partial charge in [-0.05, 0) is 71.3 Å². The molecule has 2 aromatic rings. The second-order valence-corrected chi connectivity index (χ2v) is 9.63. The van der Waals surface area contributed by atoms with Crippen molar-refractivity contribution in [2.75, 3.05) is 17.9 Å². The predicted octanol–water partition coefficient (Wildman–Crippen LogP) is 3.36. The van der Waals surface area contributed by atoms with Crippen LogP contribution in [0.3, 0.4) is 0 Å². The summed E-state index contributed by atoms with van der Waals surface area (Å²) in [6.45, 7) is 0.599. The number of rotatable bonds is 6. The Morgan fingerprint density at radius 2 is 1.93 bits per heavy atom. The van der Waals surface area contributed by atoms with E-state index in [1.807, 2.05) is 36.4 Å². The Hall–Kier alpha value is -1.65. The molecule has 0 amide bonds. The molecule has 6 nitrogen and oxygen atoms in total. The van der Waals surface area contributed by atoms with E-state index in [1.54, 1.807) is 13.1 Å². The van der Waals surface area contributed by atoms with Gasteiger partial charge in [0.15, 0.2) is 0 Å². The second kappa shape index (κ2) is 8.15.